The molecule has 0 bridgehead atoms. The maximum Gasteiger partial charge on any atom is 0.573 e. The van der Waals surface area contributed by atoms with Crippen LogP contribution in [-0.4, -0.2) is 59.7 Å². The summed E-state index contributed by atoms with van der Waals surface area (Å²) in [6.45, 7) is 3.02. The molecule has 0 aliphatic carbocycles. The summed E-state index contributed by atoms with van der Waals surface area (Å²) >= 11 is 0. The maximum atomic E-state index is 15.1. The standard InChI is InChI=1S/C24H25F7N4O3/c1-14(2)19(25)20(36)35(17-6-8-18(9-7-17)38-24(29,30)31)22(3,15-5-4-10-32-11-15)21(37)33-16-12-34(13-16)23(26,27)28/h4-11,14,16,19H,12-13H2,1-3H3,(H,33,37)/t19-,22+/m1/s1. The van der Waals surface area contributed by atoms with Crippen LogP contribution in [0.5, 0.6) is 5.75 Å². The van der Waals surface area contributed by atoms with E-state index in [9.17, 15) is 35.9 Å². The van der Waals surface area contributed by atoms with E-state index in [1.807, 2.05) is 0 Å². The lowest BCUT2D eigenvalue weighted by Gasteiger charge is -2.45. The summed E-state index contributed by atoms with van der Waals surface area (Å²) in [6, 6.07) is 5.80. The predicted molar refractivity (Wildman–Crippen MR) is 121 cm³/mol. The Morgan fingerprint density at radius 1 is 1.08 bits per heavy atom. The average molecular weight is 550 g/mol. The first kappa shape index (κ1) is 29.1. The molecule has 1 aliphatic rings. The van der Waals surface area contributed by atoms with Crippen LogP contribution in [0, 0.1) is 5.92 Å². The fourth-order valence-electron chi connectivity index (χ4n) is 3.93. The number of halogens is 7. The number of nitrogens with one attached hydrogen (secondary N) is 1. The van der Waals surface area contributed by atoms with Gasteiger partial charge in [-0.2, -0.15) is 13.2 Å². The zero-order valence-electron chi connectivity index (χ0n) is 20.5. The highest BCUT2D eigenvalue weighted by Crippen LogP contribution is 2.37. The number of alkyl halides is 7. The Hall–Kier alpha value is -3.42. The Balaban J connectivity index is 2.06. The lowest BCUT2D eigenvalue weighted by molar-refractivity contribution is -0.274. The van der Waals surface area contributed by atoms with E-state index < -0.39 is 67.0 Å². The molecule has 1 saturated heterocycles. The van der Waals surface area contributed by atoms with E-state index in [4.69, 9.17) is 0 Å². The van der Waals surface area contributed by atoms with Gasteiger partial charge in [-0.05, 0) is 43.2 Å². The highest BCUT2D eigenvalue weighted by Gasteiger charge is 2.51. The van der Waals surface area contributed by atoms with Gasteiger partial charge in [0.15, 0.2) is 11.7 Å². The summed E-state index contributed by atoms with van der Waals surface area (Å²) in [5.74, 6) is -3.58. The van der Waals surface area contributed by atoms with Crippen molar-refractivity contribution in [1.82, 2.24) is 15.2 Å². The minimum atomic E-state index is -4.99. The molecule has 3 rings (SSSR count). The van der Waals surface area contributed by atoms with E-state index in [0.717, 1.165) is 29.2 Å². The molecule has 208 valence electrons. The zero-order valence-corrected chi connectivity index (χ0v) is 20.5. The number of rotatable bonds is 8. The fourth-order valence-corrected chi connectivity index (χ4v) is 3.93. The molecule has 14 heteroatoms. The number of ether oxygens (including phenoxy) is 1. The Bertz CT molecular complexity index is 1120. The topological polar surface area (TPSA) is 74.8 Å². The van der Waals surface area contributed by atoms with Gasteiger partial charge in [0.05, 0.1) is 6.04 Å². The molecule has 0 unspecified atom stereocenters. The van der Waals surface area contributed by atoms with Gasteiger partial charge in [0, 0.05) is 36.7 Å². The van der Waals surface area contributed by atoms with Crippen molar-refractivity contribution in [2.24, 2.45) is 5.92 Å². The molecule has 2 heterocycles. The Kier molecular flexibility index (Phi) is 8.24. The van der Waals surface area contributed by atoms with Gasteiger partial charge in [0.2, 0.25) is 0 Å². The lowest BCUT2D eigenvalue weighted by Crippen LogP contribution is -2.67. The summed E-state index contributed by atoms with van der Waals surface area (Å²) in [5.41, 5.74) is -2.13. The molecule has 0 spiro atoms. The summed E-state index contributed by atoms with van der Waals surface area (Å²) in [7, 11) is 0. The monoisotopic (exact) mass is 550 g/mol. The number of carbonyl (C=O) groups excluding carboxylic acids is 2. The Morgan fingerprint density at radius 3 is 2.16 bits per heavy atom. The van der Waals surface area contributed by atoms with Crippen molar-refractivity contribution >= 4 is 17.5 Å². The molecule has 1 fully saturated rings. The summed E-state index contributed by atoms with van der Waals surface area (Å²) in [4.78, 5) is 32.0. The van der Waals surface area contributed by atoms with Gasteiger partial charge in [-0.25, -0.2) is 9.29 Å². The van der Waals surface area contributed by atoms with Crippen LogP contribution >= 0.6 is 0 Å². The zero-order chi connectivity index (χ0) is 28.5. The fraction of sp³-hybridized carbons (Fsp3) is 0.458. The first-order chi connectivity index (χ1) is 17.5. The SMILES string of the molecule is CC(C)[C@@H](F)C(=O)N(c1ccc(OC(F)(F)F)cc1)[C@](C)(C(=O)NC1CN(C(F)(F)F)C1)c1cccnc1. The van der Waals surface area contributed by atoms with Gasteiger partial charge in [0.25, 0.3) is 11.8 Å². The second-order valence-corrected chi connectivity index (χ2v) is 9.22. The second-order valence-electron chi connectivity index (χ2n) is 9.22. The average Bonchev–Trinajstić information content (AvgIpc) is 2.80. The minimum Gasteiger partial charge on any atom is -0.406 e. The van der Waals surface area contributed by atoms with Crippen LogP contribution in [0.1, 0.15) is 26.3 Å². The number of benzene rings is 1. The number of likely N-dealkylation sites (tertiary alicyclic amines) is 1. The van der Waals surface area contributed by atoms with Gasteiger partial charge < -0.3 is 10.1 Å². The number of anilines is 1. The molecular weight excluding hydrogens is 525 g/mol. The lowest BCUT2D eigenvalue weighted by atomic mass is 9.87. The molecule has 0 saturated carbocycles. The van der Waals surface area contributed by atoms with E-state index >= 15 is 4.39 Å². The van der Waals surface area contributed by atoms with Crippen LogP contribution < -0.4 is 15.0 Å². The molecule has 7 nitrogen and oxygen atoms in total. The predicted octanol–water partition coefficient (Wildman–Crippen LogP) is 4.54. The molecule has 1 aromatic heterocycles. The Morgan fingerprint density at radius 2 is 1.68 bits per heavy atom. The number of hydrogen-bond donors (Lipinski definition) is 1. The van der Waals surface area contributed by atoms with Crippen molar-refractivity contribution < 1.29 is 45.1 Å². The van der Waals surface area contributed by atoms with E-state index in [0.29, 0.717) is 0 Å². The first-order valence-corrected chi connectivity index (χ1v) is 11.4. The third-order valence-corrected chi connectivity index (χ3v) is 6.06. The van der Waals surface area contributed by atoms with Gasteiger partial charge in [-0.15, -0.1) is 13.2 Å². The molecule has 1 aliphatic heterocycles. The van der Waals surface area contributed by atoms with Crippen LogP contribution in [0.4, 0.5) is 36.4 Å². The number of nitrogens with zero attached hydrogens (tertiary/aromatic N) is 3. The third-order valence-electron chi connectivity index (χ3n) is 6.06. The first-order valence-electron chi connectivity index (χ1n) is 11.4. The summed E-state index contributed by atoms with van der Waals surface area (Å²) in [5, 5.41) is 2.48. The van der Waals surface area contributed by atoms with Crippen LogP contribution in [0.15, 0.2) is 48.8 Å². The molecule has 2 aromatic rings. The van der Waals surface area contributed by atoms with Crippen LogP contribution in [0.25, 0.3) is 0 Å². The van der Waals surface area contributed by atoms with Gasteiger partial charge >= 0.3 is 12.7 Å². The van der Waals surface area contributed by atoms with Gasteiger partial charge in [-0.3, -0.25) is 19.5 Å². The van der Waals surface area contributed by atoms with Crippen LogP contribution in [-0.2, 0) is 15.1 Å². The van der Waals surface area contributed by atoms with Crippen LogP contribution in [0.3, 0.4) is 0 Å². The van der Waals surface area contributed by atoms with Crippen LogP contribution in [0.2, 0.25) is 0 Å². The highest BCUT2D eigenvalue weighted by molar-refractivity contribution is 6.05. The second kappa shape index (κ2) is 10.8. The van der Waals surface area contributed by atoms with Crippen molar-refractivity contribution in [1.29, 1.82) is 0 Å². The van der Waals surface area contributed by atoms with Gasteiger partial charge in [0.1, 0.15) is 5.75 Å². The van der Waals surface area contributed by atoms with E-state index in [-0.39, 0.29) is 16.2 Å². The summed E-state index contributed by atoms with van der Waals surface area (Å²) in [6.07, 6.45) is -9.11. The molecule has 1 N–H and O–H groups in total. The number of hydrogen-bond acceptors (Lipinski definition) is 5. The number of pyridine rings is 1. The number of aromatic nitrogens is 1. The summed E-state index contributed by atoms with van der Waals surface area (Å²) < 4.78 is 95.6. The smallest absolute Gasteiger partial charge is 0.406 e. The minimum absolute atomic E-state index is 0.0874. The molecular formula is C24H25F7N4O3. The van der Waals surface area contributed by atoms with E-state index in [2.05, 4.69) is 15.0 Å². The van der Waals surface area contributed by atoms with Crippen molar-refractivity contribution in [3.05, 3.63) is 54.4 Å². The largest absolute Gasteiger partial charge is 0.573 e. The number of carbonyl (C=O) groups is 2. The number of amides is 2. The molecule has 2 atom stereocenters. The van der Waals surface area contributed by atoms with E-state index in [1.54, 1.807) is 0 Å². The van der Waals surface area contributed by atoms with Crippen molar-refractivity contribution in [3.63, 3.8) is 0 Å². The quantitative estimate of drug-likeness (QED) is 0.386. The Labute approximate surface area is 213 Å². The highest BCUT2D eigenvalue weighted by atomic mass is 19.4. The molecule has 1 aromatic carbocycles. The van der Waals surface area contributed by atoms with Crippen molar-refractivity contribution in [3.8, 4) is 5.75 Å². The molecule has 38 heavy (non-hydrogen) atoms. The van der Waals surface area contributed by atoms with Crippen molar-refractivity contribution in [2.75, 3.05) is 18.0 Å². The van der Waals surface area contributed by atoms with Gasteiger partial charge in [-0.1, -0.05) is 19.9 Å². The normalized spacial score (nSPS) is 17.3. The van der Waals surface area contributed by atoms with Crippen molar-refractivity contribution in [2.45, 2.75) is 51.2 Å². The maximum absolute atomic E-state index is 15.1. The third kappa shape index (κ3) is 6.34. The molecule has 0 radical (unpaired) electrons. The van der Waals surface area contributed by atoms with E-state index in [1.165, 1.54) is 45.3 Å². The molecule has 2 amide bonds.